The Morgan fingerprint density at radius 2 is 2.07 bits per heavy atom. The third-order valence-electron chi connectivity index (χ3n) is 5.29. The topological polar surface area (TPSA) is 71.5 Å². The maximum atomic E-state index is 13.9. The lowest BCUT2D eigenvalue weighted by Crippen LogP contribution is -2.42. The molecule has 142 valence electrons. The van der Waals surface area contributed by atoms with Gasteiger partial charge in [0, 0.05) is 37.8 Å². The average molecular weight is 371 g/mol. The molecule has 2 fully saturated rings. The summed E-state index contributed by atoms with van der Waals surface area (Å²) in [7, 11) is 0. The molecule has 0 radical (unpaired) electrons. The molecule has 1 atom stereocenters. The maximum absolute atomic E-state index is 13.9. The summed E-state index contributed by atoms with van der Waals surface area (Å²) in [4.78, 5) is 33.1. The molecule has 0 bridgehead atoms. The van der Waals surface area contributed by atoms with E-state index < -0.39 is 0 Å². The third kappa shape index (κ3) is 3.62. The molecule has 4 heterocycles. The van der Waals surface area contributed by atoms with E-state index in [-0.39, 0.29) is 23.7 Å². The lowest BCUT2D eigenvalue weighted by Gasteiger charge is -2.34. The first kappa shape index (κ1) is 17.8. The molecule has 2 aliphatic heterocycles. The number of nitrogens with zero attached hydrogens (tertiary/aromatic N) is 5. The van der Waals surface area contributed by atoms with Crippen molar-refractivity contribution in [3.63, 3.8) is 0 Å². The summed E-state index contributed by atoms with van der Waals surface area (Å²) in [5, 5.41) is 1.44. The van der Waals surface area contributed by atoms with Gasteiger partial charge >= 0.3 is 0 Å². The van der Waals surface area contributed by atoms with Crippen LogP contribution >= 0.6 is 0 Å². The molecule has 0 spiro atoms. The van der Waals surface area contributed by atoms with Crippen LogP contribution in [-0.4, -0.2) is 45.6 Å². The van der Waals surface area contributed by atoms with Gasteiger partial charge in [-0.25, -0.2) is 19.4 Å². The summed E-state index contributed by atoms with van der Waals surface area (Å²) in [6.45, 7) is 3.59. The molecule has 2 aliphatic rings. The highest BCUT2D eigenvalue weighted by atomic mass is 19.1. The SMILES string of the molecule is Cc1ncc([C@@H]2CCON2C(=O)C2CCN(c3ccncn3)CC2)cc1F. The van der Waals surface area contributed by atoms with E-state index in [1.54, 1.807) is 19.3 Å². The zero-order valence-electron chi connectivity index (χ0n) is 15.2. The molecule has 2 aromatic rings. The van der Waals surface area contributed by atoms with Crippen molar-refractivity contribution in [1.82, 2.24) is 20.0 Å². The summed E-state index contributed by atoms with van der Waals surface area (Å²) in [6, 6.07) is 3.06. The number of piperidine rings is 1. The highest BCUT2D eigenvalue weighted by Crippen LogP contribution is 2.34. The number of aryl methyl sites for hydroxylation is 1. The quantitative estimate of drug-likeness (QED) is 0.825. The Morgan fingerprint density at radius 3 is 2.78 bits per heavy atom. The van der Waals surface area contributed by atoms with Crippen LogP contribution < -0.4 is 4.90 Å². The van der Waals surface area contributed by atoms with Gasteiger partial charge in [-0.15, -0.1) is 0 Å². The number of carbonyl (C=O) groups is 1. The van der Waals surface area contributed by atoms with E-state index in [9.17, 15) is 9.18 Å². The molecule has 1 amide bonds. The number of anilines is 1. The van der Waals surface area contributed by atoms with Crippen LogP contribution in [0.25, 0.3) is 0 Å². The lowest BCUT2D eigenvalue weighted by molar-refractivity contribution is -0.182. The molecule has 0 aromatic carbocycles. The van der Waals surface area contributed by atoms with E-state index in [2.05, 4.69) is 19.9 Å². The standard InChI is InChI=1S/C19H22FN5O2/c1-13-16(20)10-15(11-22-13)17-5-9-27-25(17)19(26)14-3-7-24(8-4-14)18-2-6-21-12-23-18/h2,6,10-12,14,17H,3-5,7-9H2,1H3/t17-/m0/s1. The van der Waals surface area contributed by atoms with Crippen molar-refractivity contribution < 1.29 is 14.0 Å². The van der Waals surface area contributed by atoms with E-state index in [1.807, 2.05) is 6.07 Å². The lowest BCUT2D eigenvalue weighted by atomic mass is 9.94. The van der Waals surface area contributed by atoms with Crippen LogP contribution in [0.1, 0.15) is 36.6 Å². The van der Waals surface area contributed by atoms with Crippen LogP contribution in [0, 0.1) is 18.7 Å². The van der Waals surface area contributed by atoms with E-state index in [4.69, 9.17) is 4.84 Å². The number of amides is 1. The maximum Gasteiger partial charge on any atom is 0.249 e. The number of hydrogen-bond donors (Lipinski definition) is 0. The van der Waals surface area contributed by atoms with Crippen LogP contribution in [0.4, 0.5) is 10.2 Å². The Bertz CT molecular complexity index is 811. The van der Waals surface area contributed by atoms with E-state index in [0.717, 1.165) is 31.7 Å². The van der Waals surface area contributed by atoms with Crippen molar-refractivity contribution in [3.8, 4) is 0 Å². The Hall–Kier alpha value is -2.61. The second kappa shape index (κ2) is 7.56. The fourth-order valence-corrected chi connectivity index (χ4v) is 3.70. The number of hydroxylamine groups is 2. The second-order valence-electron chi connectivity index (χ2n) is 6.97. The molecule has 0 saturated carbocycles. The first-order valence-corrected chi connectivity index (χ1v) is 9.22. The summed E-state index contributed by atoms with van der Waals surface area (Å²) in [5.41, 5.74) is 1.04. The van der Waals surface area contributed by atoms with Crippen LogP contribution in [0.5, 0.6) is 0 Å². The molecule has 4 rings (SSSR count). The number of halogens is 1. The van der Waals surface area contributed by atoms with Crippen molar-refractivity contribution in [2.24, 2.45) is 5.92 Å². The van der Waals surface area contributed by atoms with Gasteiger partial charge in [0.15, 0.2) is 0 Å². The molecule has 0 unspecified atom stereocenters. The highest BCUT2D eigenvalue weighted by molar-refractivity contribution is 5.79. The first-order valence-electron chi connectivity index (χ1n) is 9.22. The van der Waals surface area contributed by atoms with Gasteiger partial charge in [-0.05, 0) is 37.5 Å². The molecule has 2 saturated heterocycles. The summed E-state index contributed by atoms with van der Waals surface area (Å²) in [6.07, 6.45) is 7.00. The van der Waals surface area contributed by atoms with Crippen LogP contribution in [0.15, 0.2) is 30.9 Å². The predicted octanol–water partition coefficient (Wildman–Crippen LogP) is 2.44. The minimum absolute atomic E-state index is 0.0270. The van der Waals surface area contributed by atoms with Crippen LogP contribution in [0.2, 0.25) is 0 Å². The molecular formula is C19H22FN5O2. The molecule has 2 aromatic heterocycles. The van der Waals surface area contributed by atoms with Crippen LogP contribution in [-0.2, 0) is 9.63 Å². The van der Waals surface area contributed by atoms with Gasteiger partial charge in [0.25, 0.3) is 0 Å². The number of carbonyl (C=O) groups excluding carboxylic acids is 1. The zero-order chi connectivity index (χ0) is 18.8. The Morgan fingerprint density at radius 1 is 1.26 bits per heavy atom. The number of pyridine rings is 1. The van der Waals surface area contributed by atoms with Crippen molar-refractivity contribution in [1.29, 1.82) is 0 Å². The van der Waals surface area contributed by atoms with Crippen molar-refractivity contribution in [3.05, 3.63) is 47.9 Å². The van der Waals surface area contributed by atoms with Gasteiger partial charge in [0.05, 0.1) is 18.3 Å². The Kier molecular flexibility index (Phi) is 4.98. The van der Waals surface area contributed by atoms with Gasteiger partial charge in [-0.3, -0.25) is 14.6 Å². The normalized spacial score (nSPS) is 20.9. The van der Waals surface area contributed by atoms with Gasteiger partial charge in [-0.2, -0.15) is 0 Å². The molecule has 7 nitrogen and oxygen atoms in total. The molecule has 0 N–H and O–H groups in total. The number of hydrogen-bond acceptors (Lipinski definition) is 6. The van der Waals surface area contributed by atoms with Crippen molar-refractivity contribution in [2.45, 2.75) is 32.2 Å². The smallest absolute Gasteiger partial charge is 0.249 e. The van der Waals surface area contributed by atoms with E-state index >= 15 is 0 Å². The molecule has 8 heteroatoms. The highest BCUT2D eigenvalue weighted by Gasteiger charge is 2.37. The predicted molar refractivity (Wildman–Crippen MR) is 96.1 cm³/mol. The van der Waals surface area contributed by atoms with Gasteiger partial charge in [0.2, 0.25) is 5.91 Å². The molecule has 27 heavy (non-hydrogen) atoms. The van der Waals surface area contributed by atoms with E-state index in [0.29, 0.717) is 24.3 Å². The van der Waals surface area contributed by atoms with Crippen molar-refractivity contribution in [2.75, 3.05) is 24.6 Å². The minimum atomic E-state index is -0.357. The largest absolute Gasteiger partial charge is 0.356 e. The fourth-order valence-electron chi connectivity index (χ4n) is 3.70. The summed E-state index contributed by atoms with van der Waals surface area (Å²) < 4.78 is 13.9. The summed E-state index contributed by atoms with van der Waals surface area (Å²) >= 11 is 0. The number of rotatable bonds is 3. The number of aromatic nitrogens is 3. The third-order valence-corrected chi connectivity index (χ3v) is 5.29. The zero-order valence-corrected chi connectivity index (χ0v) is 15.2. The monoisotopic (exact) mass is 371 g/mol. The van der Waals surface area contributed by atoms with Gasteiger partial charge in [-0.1, -0.05) is 0 Å². The second-order valence-corrected chi connectivity index (χ2v) is 6.97. The Labute approximate surface area is 157 Å². The van der Waals surface area contributed by atoms with Crippen molar-refractivity contribution >= 4 is 11.7 Å². The average Bonchev–Trinajstić information content (AvgIpc) is 3.20. The van der Waals surface area contributed by atoms with Crippen LogP contribution in [0.3, 0.4) is 0 Å². The Balaban J connectivity index is 1.42. The molecule has 0 aliphatic carbocycles. The van der Waals surface area contributed by atoms with Gasteiger partial charge in [0.1, 0.15) is 18.0 Å². The minimum Gasteiger partial charge on any atom is -0.356 e. The summed E-state index contributed by atoms with van der Waals surface area (Å²) in [5.74, 6) is 0.394. The van der Waals surface area contributed by atoms with Gasteiger partial charge < -0.3 is 4.90 Å². The fraction of sp³-hybridized carbons (Fsp3) is 0.474. The van der Waals surface area contributed by atoms with E-state index in [1.165, 1.54) is 17.5 Å². The molecular weight excluding hydrogens is 349 g/mol. The first-order chi connectivity index (χ1) is 13.1.